The summed E-state index contributed by atoms with van der Waals surface area (Å²) in [6, 6.07) is 15.9. The zero-order valence-corrected chi connectivity index (χ0v) is 16.2. The SMILES string of the molecule is O=C(CN1CN(c2ccccc2)C2(CCNCC2)C1=O)NCc1ccc(F)cc1. The molecule has 2 N–H and O–H groups in total. The number of carbonyl (C=O) groups excluding carboxylic acids is 2. The van der Waals surface area contributed by atoms with Crippen LogP contribution < -0.4 is 15.5 Å². The summed E-state index contributed by atoms with van der Waals surface area (Å²) >= 11 is 0. The predicted molar refractivity (Wildman–Crippen MR) is 109 cm³/mol. The summed E-state index contributed by atoms with van der Waals surface area (Å²) in [6.45, 7) is 2.27. The molecule has 29 heavy (non-hydrogen) atoms. The van der Waals surface area contributed by atoms with Crippen molar-refractivity contribution in [3.63, 3.8) is 0 Å². The Morgan fingerprint density at radius 2 is 1.76 bits per heavy atom. The Morgan fingerprint density at radius 3 is 2.45 bits per heavy atom. The lowest BCUT2D eigenvalue weighted by Gasteiger charge is -2.40. The van der Waals surface area contributed by atoms with E-state index in [4.69, 9.17) is 0 Å². The van der Waals surface area contributed by atoms with Crippen LogP contribution in [0, 0.1) is 5.82 Å². The lowest BCUT2D eigenvalue weighted by molar-refractivity contribution is -0.136. The molecule has 0 aliphatic carbocycles. The van der Waals surface area contributed by atoms with Gasteiger partial charge in [-0.25, -0.2) is 4.39 Å². The number of carbonyl (C=O) groups is 2. The molecule has 0 bridgehead atoms. The molecular formula is C22H25FN4O2. The summed E-state index contributed by atoms with van der Waals surface area (Å²) in [7, 11) is 0. The fourth-order valence-electron chi connectivity index (χ4n) is 4.19. The third-order valence-corrected chi connectivity index (χ3v) is 5.75. The molecule has 1 spiro atoms. The number of hydrogen-bond donors (Lipinski definition) is 2. The van der Waals surface area contributed by atoms with Gasteiger partial charge >= 0.3 is 0 Å². The summed E-state index contributed by atoms with van der Waals surface area (Å²) in [4.78, 5) is 29.6. The lowest BCUT2D eigenvalue weighted by atomic mass is 9.86. The number of halogens is 1. The van der Waals surface area contributed by atoms with E-state index in [-0.39, 0.29) is 24.2 Å². The molecule has 2 aliphatic rings. The maximum Gasteiger partial charge on any atom is 0.250 e. The first kappa shape index (κ1) is 19.4. The Labute approximate surface area is 169 Å². The van der Waals surface area contributed by atoms with E-state index < -0.39 is 5.54 Å². The van der Waals surface area contributed by atoms with Gasteiger partial charge in [-0.15, -0.1) is 0 Å². The van der Waals surface area contributed by atoms with Crippen molar-refractivity contribution >= 4 is 17.5 Å². The topological polar surface area (TPSA) is 64.7 Å². The van der Waals surface area contributed by atoms with Crippen molar-refractivity contribution in [1.29, 1.82) is 0 Å². The molecule has 4 rings (SSSR count). The van der Waals surface area contributed by atoms with Gasteiger partial charge in [0.25, 0.3) is 0 Å². The van der Waals surface area contributed by atoms with E-state index in [1.807, 2.05) is 30.3 Å². The number of benzene rings is 2. The van der Waals surface area contributed by atoms with Crippen molar-refractivity contribution in [3.8, 4) is 0 Å². The molecule has 152 valence electrons. The maximum atomic E-state index is 13.3. The van der Waals surface area contributed by atoms with Crippen molar-refractivity contribution in [2.24, 2.45) is 0 Å². The van der Waals surface area contributed by atoms with Crippen molar-refractivity contribution in [1.82, 2.24) is 15.5 Å². The minimum Gasteiger partial charge on any atom is -0.350 e. The molecule has 2 amide bonds. The average molecular weight is 396 g/mol. The molecule has 2 saturated heterocycles. The van der Waals surface area contributed by atoms with Crippen LogP contribution in [0.15, 0.2) is 54.6 Å². The largest absolute Gasteiger partial charge is 0.350 e. The summed E-state index contributed by atoms with van der Waals surface area (Å²) in [6.07, 6.45) is 1.43. The number of rotatable bonds is 5. The predicted octanol–water partition coefficient (Wildman–Crippen LogP) is 1.87. The zero-order chi connectivity index (χ0) is 20.3. The number of nitrogens with zero attached hydrogens (tertiary/aromatic N) is 2. The van der Waals surface area contributed by atoms with E-state index in [0.717, 1.165) is 24.3 Å². The number of hydrogen-bond acceptors (Lipinski definition) is 4. The molecule has 2 aliphatic heterocycles. The van der Waals surface area contributed by atoms with E-state index in [2.05, 4.69) is 15.5 Å². The highest BCUT2D eigenvalue weighted by molar-refractivity contribution is 5.96. The quantitative estimate of drug-likeness (QED) is 0.810. The van der Waals surface area contributed by atoms with Gasteiger partial charge in [-0.05, 0) is 55.8 Å². The van der Waals surface area contributed by atoms with Crippen molar-refractivity contribution in [2.75, 3.05) is 31.2 Å². The van der Waals surface area contributed by atoms with Gasteiger partial charge in [0.1, 0.15) is 17.9 Å². The second-order valence-corrected chi connectivity index (χ2v) is 7.59. The molecule has 2 aromatic carbocycles. The van der Waals surface area contributed by atoms with Gasteiger partial charge in [0.15, 0.2) is 0 Å². The molecule has 6 nitrogen and oxygen atoms in total. The van der Waals surface area contributed by atoms with Gasteiger partial charge in [0, 0.05) is 12.2 Å². The van der Waals surface area contributed by atoms with Crippen LogP contribution in [0.3, 0.4) is 0 Å². The molecule has 0 saturated carbocycles. The minimum absolute atomic E-state index is 0.0124. The van der Waals surface area contributed by atoms with Crippen LogP contribution in [-0.2, 0) is 16.1 Å². The minimum atomic E-state index is -0.593. The fraction of sp³-hybridized carbons (Fsp3) is 0.364. The van der Waals surface area contributed by atoms with Crippen LogP contribution in [-0.4, -0.2) is 48.6 Å². The molecule has 2 fully saturated rings. The van der Waals surface area contributed by atoms with Crippen LogP contribution in [0.5, 0.6) is 0 Å². The third kappa shape index (κ3) is 3.96. The Bertz CT molecular complexity index is 866. The highest BCUT2D eigenvalue weighted by Gasteiger charge is 2.52. The summed E-state index contributed by atoms with van der Waals surface area (Å²) in [5, 5.41) is 6.15. The van der Waals surface area contributed by atoms with E-state index in [0.29, 0.717) is 26.1 Å². The Hall–Kier alpha value is -2.93. The molecule has 0 atom stereocenters. The Morgan fingerprint density at radius 1 is 1.07 bits per heavy atom. The Kier molecular flexibility index (Phi) is 5.49. The van der Waals surface area contributed by atoms with Crippen LogP contribution in [0.2, 0.25) is 0 Å². The van der Waals surface area contributed by atoms with Crippen molar-refractivity contribution in [3.05, 3.63) is 66.0 Å². The molecule has 0 radical (unpaired) electrons. The van der Waals surface area contributed by atoms with Crippen molar-refractivity contribution in [2.45, 2.75) is 24.9 Å². The molecule has 0 aromatic heterocycles. The van der Waals surface area contributed by atoms with Crippen molar-refractivity contribution < 1.29 is 14.0 Å². The highest BCUT2D eigenvalue weighted by Crippen LogP contribution is 2.37. The summed E-state index contributed by atoms with van der Waals surface area (Å²) in [5.74, 6) is -0.516. The second-order valence-electron chi connectivity index (χ2n) is 7.59. The van der Waals surface area contributed by atoms with Gasteiger partial charge in [-0.1, -0.05) is 30.3 Å². The number of piperidine rings is 1. The molecular weight excluding hydrogens is 371 g/mol. The maximum absolute atomic E-state index is 13.3. The van der Waals surface area contributed by atoms with E-state index in [1.165, 1.54) is 12.1 Å². The number of anilines is 1. The van der Waals surface area contributed by atoms with Gasteiger partial charge in [0.2, 0.25) is 11.8 Å². The normalized spacial score (nSPS) is 18.3. The summed E-state index contributed by atoms with van der Waals surface area (Å²) < 4.78 is 13.0. The smallest absolute Gasteiger partial charge is 0.250 e. The van der Waals surface area contributed by atoms with Gasteiger partial charge in [-0.2, -0.15) is 0 Å². The number of nitrogens with one attached hydrogen (secondary N) is 2. The third-order valence-electron chi connectivity index (χ3n) is 5.75. The van der Waals surface area contributed by atoms with E-state index in [1.54, 1.807) is 17.0 Å². The molecule has 2 aromatic rings. The van der Waals surface area contributed by atoms with Gasteiger partial charge in [0.05, 0.1) is 6.67 Å². The zero-order valence-electron chi connectivity index (χ0n) is 16.2. The first-order valence-electron chi connectivity index (χ1n) is 9.92. The van der Waals surface area contributed by atoms with E-state index >= 15 is 0 Å². The second kappa shape index (κ2) is 8.21. The summed E-state index contributed by atoms with van der Waals surface area (Å²) in [5.41, 5.74) is 1.22. The molecule has 2 heterocycles. The average Bonchev–Trinajstić information content (AvgIpc) is 3.00. The molecule has 0 unspecified atom stereocenters. The lowest BCUT2D eigenvalue weighted by Crippen LogP contribution is -2.55. The molecule has 7 heteroatoms. The van der Waals surface area contributed by atoms with Crippen LogP contribution >= 0.6 is 0 Å². The first-order chi connectivity index (χ1) is 14.1. The highest BCUT2D eigenvalue weighted by atomic mass is 19.1. The van der Waals surface area contributed by atoms with Crippen LogP contribution in [0.4, 0.5) is 10.1 Å². The fourth-order valence-corrected chi connectivity index (χ4v) is 4.19. The number of amides is 2. The Balaban J connectivity index is 1.45. The van der Waals surface area contributed by atoms with Crippen LogP contribution in [0.25, 0.3) is 0 Å². The standard InChI is InChI=1S/C22H25FN4O2/c23-18-8-6-17(7-9-18)14-25-20(28)15-26-16-27(19-4-2-1-3-5-19)22(21(26)29)10-12-24-13-11-22/h1-9,24H,10-16H2,(H,25,28). The number of para-hydroxylation sites is 1. The van der Waals surface area contributed by atoms with E-state index in [9.17, 15) is 14.0 Å². The monoisotopic (exact) mass is 396 g/mol. The van der Waals surface area contributed by atoms with Gasteiger partial charge in [-0.3, -0.25) is 9.59 Å². The van der Waals surface area contributed by atoms with Gasteiger partial charge < -0.3 is 20.4 Å². The van der Waals surface area contributed by atoms with Crippen LogP contribution in [0.1, 0.15) is 18.4 Å². The first-order valence-corrected chi connectivity index (χ1v) is 9.92.